The van der Waals surface area contributed by atoms with E-state index in [-0.39, 0.29) is 35.6 Å². The number of aromatic amines is 1. The van der Waals surface area contributed by atoms with E-state index in [1.54, 1.807) is 0 Å². The molecule has 4 N–H and O–H groups in total. The van der Waals surface area contributed by atoms with Gasteiger partial charge in [0.2, 0.25) is 11.9 Å². The van der Waals surface area contributed by atoms with Gasteiger partial charge in [-0.25, -0.2) is 0 Å². The molecular formula is C17H14N4O2. The van der Waals surface area contributed by atoms with Gasteiger partial charge in [-0.15, -0.1) is 0 Å². The Balaban J connectivity index is 1.91. The Labute approximate surface area is 131 Å². The lowest BCUT2D eigenvalue weighted by Gasteiger charge is -2.24. The third-order valence-electron chi connectivity index (χ3n) is 4.15. The molecule has 2 heterocycles. The fourth-order valence-electron chi connectivity index (χ4n) is 3.10. The molecule has 2 aromatic carbocycles. The number of nitrogens with one attached hydrogen (secondary N) is 2. The smallest absolute Gasteiger partial charge is 0.258 e. The lowest BCUT2D eigenvalue weighted by Crippen LogP contribution is -2.31. The molecule has 1 aromatic heterocycles. The highest BCUT2D eigenvalue weighted by molar-refractivity contribution is 5.94. The first-order valence-electron chi connectivity index (χ1n) is 7.30. The van der Waals surface area contributed by atoms with Gasteiger partial charge in [0.25, 0.3) is 5.56 Å². The van der Waals surface area contributed by atoms with Gasteiger partial charge < -0.3 is 11.1 Å². The first-order valence-corrected chi connectivity index (χ1v) is 7.30. The number of nitrogens with two attached hydrogens (primary N) is 1. The number of carbonyl (C=O) groups excluding carboxylic acids is 1. The van der Waals surface area contributed by atoms with Gasteiger partial charge >= 0.3 is 0 Å². The summed E-state index contributed by atoms with van der Waals surface area (Å²) in [4.78, 5) is 30.9. The molecule has 0 aliphatic carbocycles. The van der Waals surface area contributed by atoms with E-state index in [0.717, 1.165) is 16.3 Å². The third-order valence-corrected chi connectivity index (χ3v) is 4.15. The fraction of sp³-hybridized carbons (Fsp3) is 0.118. The Morgan fingerprint density at radius 2 is 1.87 bits per heavy atom. The first kappa shape index (κ1) is 13.5. The molecule has 0 saturated carbocycles. The summed E-state index contributed by atoms with van der Waals surface area (Å²) in [7, 11) is 0. The standard InChI is InChI=1S/C17H14N4O2/c18-17-20-15-14(16(23)21-17)12(8-13(22)19-15)11-6-5-9-3-1-2-4-10(9)7-11/h1-7,12H,8H2,(H4,18,19,20,21,22,23). The van der Waals surface area contributed by atoms with E-state index in [1.165, 1.54) is 0 Å². The fourth-order valence-corrected chi connectivity index (χ4v) is 3.10. The van der Waals surface area contributed by atoms with Crippen molar-refractivity contribution >= 4 is 28.4 Å². The predicted octanol–water partition coefficient (Wildman–Crippen LogP) is 1.98. The van der Waals surface area contributed by atoms with E-state index in [2.05, 4.69) is 15.3 Å². The second kappa shape index (κ2) is 4.95. The second-order valence-electron chi connectivity index (χ2n) is 5.62. The number of amides is 1. The van der Waals surface area contributed by atoms with Crippen LogP contribution >= 0.6 is 0 Å². The Morgan fingerprint density at radius 1 is 1.09 bits per heavy atom. The summed E-state index contributed by atoms with van der Waals surface area (Å²) in [5, 5.41) is 4.81. The monoisotopic (exact) mass is 306 g/mol. The summed E-state index contributed by atoms with van der Waals surface area (Å²) in [6, 6.07) is 13.9. The predicted molar refractivity (Wildman–Crippen MR) is 88.3 cm³/mol. The summed E-state index contributed by atoms with van der Waals surface area (Å²) in [5.41, 5.74) is 6.62. The van der Waals surface area contributed by atoms with Crippen LogP contribution in [-0.2, 0) is 4.79 Å². The third kappa shape index (κ3) is 2.24. The molecule has 1 amide bonds. The molecule has 1 aliphatic rings. The van der Waals surface area contributed by atoms with Crippen LogP contribution in [0.4, 0.5) is 11.8 Å². The Morgan fingerprint density at radius 3 is 2.70 bits per heavy atom. The van der Waals surface area contributed by atoms with Gasteiger partial charge in [0.1, 0.15) is 5.82 Å². The van der Waals surface area contributed by atoms with Crippen molar-refractivity contribution in [3.63, 3.8) is 0 Å². The maximum Gasteiger partial charge on any atom is 0.258 e. The average Bonchev–Trinajstić information content (AvgIpc) is 2.53. The van der Waals surface area contributed by atoms with Gasteiger partial charge in [-0.05, 0) is 16.3 Å². The van der Waals surface area contributed by atoms with Crippen molar-refractivity contribution in [2.24, 2.45) is 0 Å². The summed E-state index contributed by atoms with van der Waals surface area (Å²) in [5.74, 6) is -0.262. The normalized spacial score (nSPS) is 16.9. The average molecular weight is 306 g/mol. The number of anilines is 2. The van der Waals surface area contributed by atoms with Gasteiger partial charge in [0.05, 0.1) is 5.56 Å². The van der Waals surface area contributed by atoms with Crippen LogP contribution < -0.4 is 16.6 Å². The molecule has 3 aromatic rings. The molecule has 23 heavy (non-hydrogen) atoms. The van der Waals surface area contributed by atoms with Crippen LogP contribution in [0.25, 0.3) is 10.8 Å². The lowest BCUT2D eigenvalue weighted by molar-refractivity contribution is -0.116. The molecule has 1 aliphatic heterocycles. The molecule has 0 saturated heterocycles. The number of H-pyrrole nitrogens is 1. The molecule has 0 bridgehead atoms. The van der Waals surface area contributed by atoms with E-state index in [9.17, 15) is 9.59 Å². The molecule has 114 valence electrons. The van der Waals surface area contributed by atoms with Crippen LogP contribution in [0, 0.1) is 0 Å². The highest BCUT2D eigenvalue weighted by atomic mass is 16.2. The van der Waals surface area contributed by atoms with E-state index >= 15 is 0 Å². The van der Waals surface area contributed by atoms with E-state index in [4.69, 9.17) is 5.73 Å². The van der Waals surface area contributed by atoms with Gasteiger partial charge in [-0.1, -0.05) is 42.5 Å². The molecule has 0 radical (unpaired) electrons. The minimum Gasteiger partial charge on any atom is -0.369 e. The number of benzene rings is 2. The number of rotatable bonds is 1. The van der Waals surface area contributed by atoms with Crippen LogP contribution in [0.1, 0.15) is 23.5 Å². The maximum atomic E-state index is 12.3. The number of nitrogens with zero attached hydrogens (tertiary/aromatic N) is 1. The largest absolute Gasteiger partial charge is 0.369 e. The van der Waals surface area contributed by atoms with Crippen molar-refractivity contribution in [1.82, 2.24) is 9.97 Å². The molecule has 6 nitrogen and oxygen atoms in total. The lowest BCUT2D eigenvalue weighted by atomic mass is 9.86. The summed E-state index contributed by atoms with van der Waals surface area (Å²) in [6.07, 6.45) is 0.208. The van der Waals surface area contributed by atoms with Gasteiger partial charge in [-0.3, -0.25) is 14.6 Å². The van der Waals surface area contributed by atoms with Crippen molar-refractivity contribution in [1.29, 1.82) is 0 Å². The minimum atomic E-state index is -0.333. The first-order chi connectivity index (χ1) is 11.1. The summed E-state index contributed by atoms with van der Waals surface area (Å²) < 4.78 is 0. The van der Waals surface area contributed by atoms with Crippen LogP contribution in [0.15, 0.2) is 47.3 Å². The second-order valence-corrected chi connectivity index (χ2v) is 5.62. The zero-order chi connectivity index (χ0) is 16.0. The molecular weight excluding hydrogens is 292 g/mol. The van der Waals surface area contributed by atoms with E-state index < -0.39 is 0 Å². The van der Waals surface area contributed by atoms with Gasteiger partial charge in [0.15, 0.2) is 0 Å². The molecule has 1 atom stereocenters. The van der Waals surface area contributed by atoms with Crippen LogP contribution in [-0.4, -0.2) is 15.9 Å². The Kier molecular flexibility index (Phi) is 2.90. The van der Waals surface area contributed by atoms with Crippen LogP contribution in [0.3, 0.4) is 0 Å². The quantitative estimate of drug-likeness (QED) is 0.640. The van der Waals surface area contributed by atoms with E-state index in [0.29, 0.717) is 5.56 Å². The highest BCUT2D eigenvalue weighted by Crippen LogP contribution is 2.35. The molecule has 4 rings (SSSR count). The van der Waals surface area contributed by atoms with Crippen molar-refractivity contribution in [3.8, 4) is 0 Å². The van der Waals surface area contributed by atoms with E-state index in [1.807, 2.05) is 42.5 Å². The van der Waals surface area contributed by atoms with Crippen LogP contribution in [0.5, 0.6) is 0 Å². The minimum absolute atomic E-state index is 0.00629. The molecule has 0 fully saturated rings. The zero-order valence-corrected chi connectivity index (χ0v) is 12.2. The Bertz CT molecular complexity index is 993. The van der Waals surface area contributed by atoms with Gasteiger partial charge in [-0.2, -0.15) is 4.98 Å². The Hall–Kier alpha value is -3.15. The number of fused-ring (bicyclic) bond motifs is 2. The van der Waals surface area contributed by atoms with Crippen molar-refractivity contribution in [2.75, 3.05) is 11.1 Å². The summed E-state index contributed by atoms with van der Waals surface area (Å²) in [6.45, 7) is 0. The molecule has 1 unspecified atom stereocenters. The van der Waals surface area contributed by atoms with Crippen LogP contribution in [0.2, 0.25) is 0 Å². The van der Waals surface area contributed by atoms with Crippen molar-refractivity contribution in [2.45, 2.75) is 12.3 Å². The topological polar surface area (TPSA) is 101 Å². The number of aromatic nitrogens is 2. The number of carbonyl (C=O) groups is 1. The van der Waals surface area contributed by atoms with Gasteiger partial charge in [0, 0.05) is 12.3 Å². The summed E-state index contributed by atoms with van der Waals surface area (Å²) >= 11 is 0. The molecule has 6 heteroatoms. The van der Waals surface area contributed by atoms with Crippen molar-refractivity contribution < 1.29 is 4.79 Å². The number of nitrogen functional groups attached to an aromatic ring is 1. The zero-order valence-electron chi connectivity index (χ0n) is 12.2. The SMILES string of the molecule is Nc1nc2c(c(=O)[nH]1)C(c1ccc3ccccc3c1)CC(=O)N2. The number of hydrogen-bond donors (Lipinski definition) is 3. The maximum absolute atomic E-state index is 12.3. The highest BCUT2D eigenvalue weighted by Gasteiger charge is 2.30. The molecule has 0 spiro atoms. The van der Waals surface area contributed by atoms with Crippen molar-refractivity contribution in [3.05, 3.63) is 63.9 Å². The number of hydrogen-bond acceptors (Lipinski definition) is 4.